The molecule has 178 valence electrons. The highest BCUT2D eigenvalue weighted by Crippen LogP contribution is 2.40. The molecule has 0 fully saturated rings. The second kappa shape index (κ2) is 20.0. The third-order valence-electron chi connectivity index (χ3n) is 6.03. The minimum Gasteiger partial charge on any atom is -1.00 e. The summed E-state index contributed by atoms with van der Waals surface area (Å²) in [5.74, 6) is 0. The van der Waals surface area contributed by atoms with Crippen LogP contribution < -0.4 is 12.4 Å². The summed E-state index contributed by atoms with van der Waals surface area (Å²) in [6, 6.07) is -2.61. The lowest BCUT2D eigenvalue weighted by Gasteiger charge is -2.32. The number of halogens is 4. The summed E-state index contributed by atoms with van der Waals surface area (Å²) in [6.07, 6.45) is 21.4. The fourth-order valence-corrected chi connectivity index (χ4v) is 7.05. The van der Waals surface area contributed by atoms with Crippen LogP contribution >= 0.6 is 33.2 Å². The monoisotopic (exact) mass is 507 g/mol. The maximum absolute atomic E-state index is 6.42. The largest absolute Gasteiger partial charge is 1.00 e. The highest BCUT2D eigenvalue weighted by atomic mass is 35.8. The van der Waals surface area contributed by atoms with Crippen LogP contribution in [0.15, 0.2) is 0 Å². The van der Waals surface area contributed by atoms with E-state index in [1.807, 2.05) is 0 Å². The SMILES string of the molecule is CCCCCCCCCCCCCCCC(CC[N+](C)(C)CCC)[Si](Cl)(Cl)Cl.[Cl-]. The average Bonchev–Trinajstić information content (AvgIpc) is 2.60. The van der Waals surface area contributed by atoms with Crippen LogP contribution in [0.2, 0.25) is 5.54 Å². The van der Waals surface area contributed by atoms with E-state index in [4.69, 9.17) is 33.2 Å². The van der Waals surface area contributed by atoms with Crippen molar-refractivity contribution in [1.29, 1.82) is 0 Å². The second-order valence-electron chi connectivity index (χ2n) is 9.44. The maximum atomic E-state index is 6.42. The Balaban J connectivity index is 0. The van der Waals surface area contributed by atoms with Gasteiger partial charge in [0.05, 0.1) is 27.2 Å². The first kappa shape index (κ1) is 32.5. The molecule has 0 aliphatic rings. The number of hydrogen-bond donors (Lipinski definition) is 0. The van der Waals surface area contributed by atoms with Crippen LogP contribution in [0.5, 0.6) is 0 Å². The van der Waals surface area contributed by atoms with Crippen LogP contribution in [0.25, 0.3) is 0 Å². The molecule has 1 atom stereocenters. The lowest BCUT2D eigenvalue weighted by atomic mass is 10.0. The highest BCUT2D eigenvalue weighted by Gasteiger charge is 2.37. The van der Waals surface area contributed by atoms with Crippen molar-refractivity contribution in [1.82, 2.24) is 0 Å². The quantitative estimate of drug-likeness (QED) is 0.0774. The Labute approximate surface area is 204 Å². The number of unbranched alkanes of at least 4 members (excludes halogenated alkanes) is 12. The predicted molar refractivity (Wildman–Crippen MR) is 134 cm³/mol. The van der Waals surface area contributed by atoms with Crippen LogP contribution in [0, 0.1) is 0 Å². The van der Waals surface area contributed by atoms with Crippen LogP contribution in [0.3, 0.4) is 0 Å². The van der Waals surface area contributed by atoms with Crippen molar-refractivity contribution in [2.75, 3.05) is 27.2 Å². The van der Waals surface area contributed by atoms with Gasteiger partial charge in [0.25, 0.3) is 0 Å². The number of rotatable bonds is 20. The smallest absolute Gasteiger partial charge is 0.344 e. The molecule has 0 saturated carbocycles. The molecule has 0 heterocycles. The molecule has 0 aliphatic heterocycles. The third-order valence-corrected chi connectivity index (χ3v) is 10.3. The van der Waals surface area contributed by atoms with E-state index in [1.54, 1.807) is 0 Å². The van der Waals surface area contributed by atoms with Gasteiger partial charge in [-0.1, -0.05) is 97.3 Å². The van der Waals surface area contributed by atoms with Gasteiger partial charge in [-0.2, -0.15) is 0 Å². The summed E-state index contributed by atoms with van der Waals surface area (Å²) in [4.78, 5) is 0. The van der Waals surface area contributed by atoms with Crippen LogP contribution in [0.1, 0.15) is 117 Å². The van der Waals surface area contributed by atoms with Gasteiger partial charge in [-0.3, -0.25) is 0 Å². The third kappa shape index (κ3) is 21.0. The fourth-order valence-electron chi connectivity index (χ4n) is 4.10. The molecule has 0 radical (unpaired) electrons. The molecular weight excluding hydrogens is 460 g/mol. The number of quaternary nitrogens is 1. The fraction of sp³-hybridized carbons (Fsp3) is 1.00. The Morgan fingerprint density at radius 2 is 1.00 bits per heavy atom. The van der Waals surface area contributed by atoms with E-state index >= 15 is 0 Å². The summed E-state index contributed by atoms with van der Waals surface area (Å²) in [5, 5.41) is 0. The number of hydrogen-bond acceptors (Lipinski definition) is 0. The first-order chi connectivity index (χ1) is 13.2. The van der Waals surface area contributed by atoms with Crippen LogP contribution in [-0.4, -0.2) is 37.7 Å². The van der Waals surface area contributed by atoms with Gasteiger partial charge in [0.1, 0.15) is 0 Å². The Bertz CT molecular complexity index is 348. The zero-order chi connectivity index (χ0) is 21.3. The zero-order valence-electron chi connectivity index (χ0n) is 19.8. The molecule has 0 N–H and O–H groups in total. The molecule has 0 aliphatic carbocycles. The Morgan fingerprint density at radius 1 is 0.586 bits per heavy atom. The normalized spacial score (nSPS) is 13.3. The van der Waals surface area contributed by atoms with E-state index in [0.717, 1.165) is 23.9 Å². The van der Waals surface area contributed by atoms with Crippen molar-refractivity contribution in [3.63, 3.8) is 0 Å². The van der Waals surface area contributed by atoms with E-state index in [0.29, 0.717) is 5.54 Å². The topological polar surface area (TPSA) is 0 Å². The van der Waals surface area contributed by atoms with Crippen molar-refractivity contribution in [2.45, 2.75) is 122 Å². The first-order valence-corrected chi connectivity index (χ1v) is 17.2. The summed E-state index contributed by atoms with van der Waals surface area (Å²) in [7, 11) is 4.59. The molecule has 1 nitrogen and oxygen atoms in total. The van der Waals surface area contributed by atoms with Crippen LogP contribution in [0.4, 0.5) is 0 Å². The average molecular weight is 510 g/mol. The van der Waals surface area contributed by atoms with Crippen molar-refractivity contribution in [3.05, 3.63) is 0 Å². The highest BCUT2D eigenvalue weighted by molar-refractivity contribution is 7.65. The molecule has 0 amide bonds. The van der Waals surface area contributed by atoms with Gasteiger partial charge in [-0.25, -0.2) is 0 Å². The lowest BCUT2D eigenvalue weighted by Crippen LogP contribution is -3.00. The molecule has 0 aromatic heterocycles. The number of nitrogens with zero attached hydrogens (tertiary/aromatic N) is 1. The summed E-state index contributed by atoms with van der Waals surface area (Å²) < 4.78 is 1.04. The van der Waals surface area contributed by atoms with Crippen molar-refractivity contribution in [2.24, 2.45) is 0 Å². The molecule has 1 unspecified atom stereocenters. The van der Waals surface area contributed by atoms with E-state index in [9.17, 15) is 0 Å². The van der Waals surface area contributed by atoms with E-state index in [2.05, 4.69) is 27.9 Å². The van der Waals surface area contributed by atoms with Gasteiger partial charge < -0.3 is 16.9 Å². The van der Waals surface area contributed by atoms with Gasteiger partial charge in [0, 0.05) is 6.42 Å². The molecule has 29 heavy (non-hydrogen) atoms. The van der Waals surface area contributed by atoms with E-state index in [-0.39, 0.29) is 12.4 Å². The Hall–Kier alpha value is 1.34. The van der Waals surface area contributed by atoms with E-state index < -0.39 is 6.00 Å². The molecule has 0 aromatic rings. The van der Waals surface area contributed by atoms with Gasteiger partial charge in [0.2, 0.25) is 0 Å². The summed E-state index contributed by atoms with van der Waals surface area (Å²) in [6.45, 7) is 6.85. The van der Waals surface area contributed by atoms with E-state index in [1.165, 1.54) is 96.4 Å². The van der Waals surface area contributed by atoms with Gasteiger partial charge in [0.15, 0.2) is 0 Å². The lowest BCUT2D eigenvalue weighted by molar-refractivity contribution is -0.890. The first-order valence-electron chi connectivity index (χ1n) is 12.1. The molecule has 0 rings (SSSR count). The van der Waals surface area contributed by atoms with Gasteiger partial charge in [-0.15, -0.1) is 33.2 Å². The summed E-state index contributed by atoms with van der Waals surface area (Å²) >= 11 is 19.3. The maximum Gasteiger partial charge on any atom is 0.344 e. The van der Waals surface area contributed by atoms with Crippen LogP contribution in [-0.2, 0) is 0 Å². The molecule has 6 heteroatoms. The standard InChI is InChI=1S/C23H49Cl3NSi.ClH/c1-5-7-8-9-10-11-12-13-14-15-16-17-18-19-23(28(24,25)26)20-22-27(3,4)21-6-2;/h23H,5-22H2,1-4H3;1H/q+1;/p-1. The molecular formula is C23H49Cl4NSi. The van der Waals surface area contributed by atoms with Gasteiger partial charge >= 0.3 is 6.00 Å². The van der Waals surface area contributed by atoms with Crippen molar-refractivity contribution < 1.29 is 16.9 Å². The zero-order valence-corrected chi connectivity index (χ0v) is 23.8. The Morgan fingerprint density at radius 3 is 1.38 bits per heavy atom. The molecule has 0 spiro atoms. The molecule has 0 aromatic carbocycles. The van der Waals surface area contributed by atoms with Crippen molar-refractivity contribution >= 4 is 39.2 Å². The molecule has 0 saturated heterocycles. The van der Waals surface area contributed by atoms with Crippen molar-refractivity contribution in [3.8, 4) is 0 Å². The minimum atomic E-state index is -2.61. The predicted octanol–water partition coefficient (Wildman–Crippen LogP) is 6.37. The molecule has 0 bridgehead atoms. The van der Waals surface area contributed by atoms with Gasteiger partial charge in [-0.05, 0) is 18.4 Å². The minimum absolute atomic E-state index is 0. The Kier molecular flexibility index (Phi) is 22.4. The summed E-state index contributed by atoms with van der Waals surface area (Å²) in [5.41, 5.74) is 0.319. The second-order valence-corrected chi connectivity index (χ2v) is 18.4.